The quantitative estimate of drug-likeness (QED) is 0.872. The van der Waals surface area contributed by atoms with Crippen LogP contribution < -0.4 is 14.5 Å². The Balaban J connectivity index is 1.59. The standard InChI is InChI=1S/C20H22N2O4S/c1-25-18-12-14(2-7-17(18)23)20-22(19(24)13-27-20)16-5-3-15(4-6-16)21-8-10-26-11-9-21/h2-7,12,20,23H,8-11,13H2,1H3. The normalized spacial score (nSPS) is 20.2. The highest BCUT2D eigenvalue weighted by atomic mass is 32.2. The summed E-state index contributed by atoms with van der Waals surface area (Å²) in [5.41, 5.74) is 2.95. The Kier molecular flexibility index (Phi) is 5.13. The smallest absolute Gasteiger partial charge is 0.238 e. The Labute approximate surface area is 162 Å². The van der Waals surface area contributed by atoms with Crippen molar-refractivity contribution in [2.75, 3.05) is 49.0 Å². The van der Waals surface area contributed by atoms with Crippen LogP contribution >= 0.6 is 11.8 Å². The molecule has 2 heterocycles. The van der Waals surface area contributed by atoms with Crippen LogP contribution in [0.25, 0.3) is 0 Å². The Bertz CT molecular complexity index is 821. The van der Waals surface area contributed by atoms with Crippen LogP contribution in [0.3, 0.4) is 0 Å². The van der Waals surface area contributed by atoms with Crippen LogP contribution in [0, 0.1) is 0 Å². The molecule has 2 fully saturated rings. The minimum absolute atomic E-state index is 0.0798. The molecule has 1 N–H and O–H groups in total. The number of thioether (sulfide) groups is 1. The van der Waals surface area contributed by atoms with Crippen molar-refractivity contribution in [2.24, 2.45) is 0 Å². The Morgan fingerprint density at radius 2 is 1.81 bits per heavy atom. The van der Waals surface area contributed by atoms with E-state index < -0.39 is 0 Å². The lowest BCUT2D eigenvalue weighted by molar-refractivity contribution is -0.115. The first-order valence-electron chi connectivity index (χ1n) is 8.90. The monoisotopic (exact) mass is 386 g/mol. The molecule has 2 aromatic rings. The zero-order valence-corrected chi connectivity index (χ0v) is 15.9. The zero-order chi connectivity index (χ0) is 18.8. The summed E-state index contributed by atoms with van der Waals surface area (Å²) >= 11 is 1.58. The third kappa shape index (κ3) is 3.57. The van der Waals surface area contributed by atoms with Gasteiger partial charge in [-0.15, -0.1) is 11.8 Å². The van der Waals surface area contributed by atoms with Crippen LogP contribution in [0.2, 0.25) is 0 Å². The second-order valence-electron chi connectivity index (χ2n) is 6.47. The van der Waals surface area contributed by atoms with Gasteiger partial charge in [-0.2, -0.15) is 0 Å². The minimum atomic E-state index is -0.138. The van der Waals surface area contributed by atoms with Crippen molar-refractivity contribution >= 4 is 29.0 Å². The van der Waals surface area contributed by atoms with E-state index in [4.69, 9.17) is 9.47 Å². The molecule has 6 nitrogen and oxygen atoms in total. The lowest BCUT2D eigenvalue weighted by Gasteiger charge is -2.30. The summed E-state index contributed by atoms with van der Waals surface area (Å²) in [5.74, 6) is 1.02. The van der Waals surface area contributed by atoms with E-state index in [1.54, 1.807) is 23.9 Å². The molecule has 4 rings (SSSR count). The molecule has 0 spiro atoms. The fourth-order valence-corrected chi connectivity index (χ4v) is 4.61. The molecular weight excluding hydrogens is 364 g/mol. The van der Waals surface area contributed by atoms with Gasteiger partial charge in [0.15, 0.2) is 11.5 Å². The van der Waals surface area contributed by atoms with Crippen molar-refractivity contribution in [3.63, 3.8) is 0 Å². The third-order valence-corrected chi connectivity index (χ3v) is 6.07. The maximum atomic E-state index is 12.6. The molecule has 0 saturated carbocycles. The number of hydrogen-bond donors (Lipinski definition) is 1. The van der Waals surface area contributed by atoms with Gasteiger partial charge in [0.2, 0.25) is 5.91 Å². The number of amides is 1. The number of hydrogen-bond acceptors (Lipinski definition) is 6. The molecule has 2 aromatic carbocycles. The molecular formula is C20H22N2O4S. The lowest BCUT2D eigenvalue weighted by Crippen LogP contribution is -2.36. The average Bonchev–Trinajstić information content (AvgIpc) is 3.10. The van der Waals surface area contributed by atoms with E-state index in [1.165, 1.54) is 7.11 Å². The number of morpholine rings is 1. The zero-order valence-electron chi connectivity index (χ0n) is 15.1. The molecule has 7 heteroatoms. The van der Waals surface area contributed by atoms with Crippen LogP contribution in [0.5, 0.6) is 11.5 Å². The number of carbonyl (C=O) groups excluding carboxylic acids is 1. The first-order chi connectivity index (χ1) is 13.2. The summed E-state index contributed by atoms with van der Waals surface area (Å²) in [5, 5.41) is 9.70. The van der Waals surface area contributed by atoms with E-state index in [9.17, 15) is 9.90 Å². The fourth-order valence-electron chi connectivity index (χ4n) is 3.44. The van der Waals surface area contributed by atoms with Crippen molar-refractivity contribution < 1.29 is 19.4 Å². The first-order valence-corrected chi connectivity index (χ1v) is 9.95. The van der Waals surface area contributed by atoms with Crippen molar-refractivity contribution in [2.45, 2.75) is 5.37 Å². The van der Waals surface area contributed by atoms with Gasteiger partial charge in [-0.3, -0.25) is 9.69 Å². The van der Waals surface area contributed by atoms with Crippen LogP contribution in [0.4, 0.5) is 11.4 Å². The summed E-state index contributed by atoms with van der Waals surface area (Å²) in [6, 6.07) is 13.4. The largest absolute Gasteiger partial charge is 0.504 e. The molecule has 142 valence electrons. The molecule has 0 bridgehead atoms. The Morgan fingerprint density at radius 1 is 1.11 bits per heavy atom. The Hall–Kier alpha value is -2.38. The van der Waals surface area contributed by atoms with Crippen molar-refractivity contribution in [1.82, 2.24) is 0 Å². The number of aromatic hydroxyl groups is 1. The summed E-state index contributed by atoms with van der Waals surface area (Å²) in [6.45, 7) is 3.25. The van der Waals surface area contributed by atoms with E-state index >= 15 is 0 Å². The number of nitrogens with zero attached hydrogens (tertiary/aromatic N) is 2. The number of phenolic OH excluding ortho intramolecular Hbond substituents is 1. The average molecular weight is 386 g/mol. The second kappa shape index (κ2) is 7.70. The second-order valence-corrected chi connectivity index (χ2v) is 7.54. The maximum Gasteiger partial charge on any atom is 0.238 e. The molecule has 1 unspecified atom stereocenters. The van der Waals surface area contributed by atoms with Gasteiger partial charge in [0.25, 0.3) is 0 Å². The number of methoxy groups -OCH3 is 1. The first kappa shape index (κ1) is 18.0. The van der Waals surface area contributed by atoms with Gasteiger partial charge < -0.3 is 19.5 Å². The number of carbonyl (C=O) groups is 1. The van der Waals surface area contributed by atoms with Gasteiger partial charge in [0.05, 0.1) is 26.1 Å². The van der Waals surface area contributed by atoms with Crippen LogP contribution in [-0.2, 0) is 9.53 Å². The van der Waals surface area contributed by atoms with E-state index in [0.717, 1.165) is 43.2 Å². The molecule has 1 amide bonds. The molecule has 1 atom stereocenters. The van der Waals surface area contributed by atoms with Gasteiger partial charge >= 0.3 is 0 Å². The topological polar surface area (TPSA) is 62.2 Å². The fraction of sp³-hybridized carbons (Fsp3) is 0.350. The van der Waals surface area contributed by atoms with E-state index in [-0.39, 0.29) is 17.0 Å². The molecule has 2 aliphatic rings. The number of ether oxygens (including phenoxy) is 2. The summed E-state index contributed by atoms with van der Waals surface area (Å²) in [6.07, 6.45) is 0. The molecule has 2 aliphatic heterocycles. The van der Waals surface area contributed by atoms with E-state index in [0.29, 0.717) is 11.5 Å². The van der Waals surface area contributed by atoms with Crippen LogP contribution in [0.15, 0.2) is 42.5 Å². The highest BCUT2D eigenvalue weighted by Crippen LogP contribution is 2.44. The van der Waals surface area contributed by atoms with Crippen molar-refractivity contribution in [1.29, 1.82) is 0 Å². The summed E-state index contributed by atoms with van der Waals surface area (Å²) < 4.78 is 10.6. The molecule has 0 radical (unpaired) electrons. The predicted octanol–water partition coefficient (Wildman–Crippen LogP) is 3.02. The summed E-state index contributed by atoms with van der Waals surface area (Å²) in [7, 11) is 1.52. The molecule has 0 aliphatic carbocycles. The highest BCUT2D eigenvalue weighted by Gasteiger charge is 2.34. The molecule has 2 saturated heterocycles. The van der Waals surface area contributed by atoms with Gasteiger partial charge in [-0.05, 0) is 42.0 Å². The van der Waals surface area contributed by atoms with Crippen LogP contribution in [0.1, 0.15) is 10.9 Å². The van der Waals surface area contributed by atoms with Crippen molar-refractivity contribution in [3.05, 3.63) is 48.0 Å². The molecule has 0 aromatic heterocycles. The third-order valence-electron chi connectivity index (χ3n) is 4.86. The molecule has 27 heavy (non-hydrogen) atoms. The number of phenols is 1. The van der Waals surface area contributed by atoms with E-state index in [2.05, 4.69) is 17.0 Å². The van der Waals surface area contributed by atoms with Crippen molar-refractivity contribution in [3.8, 4) is 11.5 Å². The number of anilines is 2. The summed E-state index contributed by atoms with van der Waals surface area (Å²) in [4.78, 5) is 16.7. The van der Waals surface area contributed by atoms with Gasteiger partial charge in [-0.25, -0.2) is 0 Å². The maximum absolute atomic E-state index is 12.6. The highest BCUT2D eigenvalue weighted by molar-refractivity contribution is 8.00. The minimum Gasteiger partial charge on any atom is -0.504 e. The van der Waals surface area contributed by atoms with Gasteiger partial charge in [0.1, 0.15) is 5.37 Å². The van der Waals surface area contributed by atoms with E-state index in [1.807, 2.05) is 23.1 Å². The SMILES string of the molecule is COc1cc(C2SCC(=O)N2c2ccc(N3CCOCC3)cc2)ccc1O. The van der Waals surface area contributed by atoms with Gasteiger partial charge in [0, 0.05) is 24.5 Å². The number of rotatable bonds is 4. The van der Waals surface area contributed by atoms with Crippen LogP contribution in [-0.4, -0.2) is 50.2 Å². The predicted molar refractivity (Wildman–Crippen MR) is 107 cm³/mol. The number of benzene rings is 2. The lowest BCUT2D eigenvalue weighted by atomic mass is 10.1. The Morgan fingerprint density at radius 3 is 2.52 bits per heavy atom. The van der Waals surface area contributed by atoms with Gasteiger partial charge in [-0.1, -0.05) is 6.07 Å².